The van der Waals surface area contributed by atoms with Gasteiger partial charge in [-0.25, -0.2) is 14.1 Å². The predicted molar refractivity (Wildman–Crippen MR) is 475 cm³/mol. The Morgan fingerprint density at radius 1 is 0.261 bits per heavy atom. The third-order valence-corrected chi connectivity index (χ3v) is 20.7. The van der Waals surface area contributed by atoms with Gasteiger partial charge in [0.2, 0.25) is 34.2 Å². The van der Waals surface area contributed by atoms with Crippen LogP contribution in [0.15, 0.2) is 180 Å². The summed E-state index contributed by atoms with van der Waals surface area (Å²) >= 11 is 0. The second-order valence-electron chi connectivity index (χ2n) is 29.7. The molecule has 0 unspecified atom stereocenters. The number of unbranched alkanes of at least 4 members (excludes halogenated alkanes) is 18. The number of nitrogens with zero attached hydrogens (tertiary/aromatic N) is 6. The monoisotopic (exact) mass is 1730 g/mol. The molecule has 0 saturated carbocycles. The summed E-state index contributed by atoms with van der Waals surface area (Å²) in [6, 6.07) is 52.3. The van der Waals surface area contributed by atoms with Crippen molar-refractivity contribution in [1.82, 2.24) is 0 Å². The van der Waals surface area contributed by atoms with Gasteiger partial charge in [-0.2, -0.15) is 12.8 Å². The molecule has 0 amide bonds. The van der Waals surface area contributed by atoms with Gasteiger partial charge in [-0.1, -0.05) is 271 Å². The van der Waals surface area contributed by atoms with Crippen molar-refractivity contribution >= 4 is 34.2 Å². The second kappa shape index (κ2) is 62.7. The summed E-state index contributed by atoms with van der Waals surface area (Å²) in [5.74, 6) is 0. The summed E-state index contributed by atoms with van der Waals surface area (Å²) in [6.45, 7) is 34.1. The minimum atomic E-state index is 0. The van der Waals surface area contributed by atoms with Crippen molar-refractivity contribution in [2.24, 2.45) is 0 Å². The topological polar surface area (TPSA) is 75.9 Å². The number of hydrogen-bond donors (Lipinski definition) is 0. The minimum Gasteiger partial charge on any atom is -0.493 e. The average Bonchev–Trinajstić information content (AvgIpc) is 1.55. The molecule has 0 fully saturated rings. The molecule has 6 aromatic rings. The molecule has 0 saturated heterocycles. The van der Waals surface area contributed by atoms with Crippen molar-refractivity contribution in [3.05, 3.63) is 292 Å². The normalized spacial score (nSPS) is 12.7. The Hall–Kier alpha value is -5.62. The Morgan fingerprint density at radius 3 is 0.811 bits per heavy atom. The molecule has 9 heteroatoms. The molecule has 0 radical (unpaired) electrons. The molecule has 6 aromatic carbocycles. The van der Waals surface area contributed by atoms with Crippen LogP contribution in [0, 0.1) is 28.7 Å². The molecule has 6 nitrogen and oxygen atoms in total. The molecular formula is C102H148N6NiPd2+2. The van der Waals surface area contributed by atoms with E-state index in [9.17, 15) is 16.6 Å². The van der Waals surface area contributed by atoms with Crippen LogP contribution >= 0.6 is 0 Å². The van der Waals surface area contributed by atoms with Crippen molar-refractivity contribution < 1.29 is 71.4 Å². The first-order chi connectivity index (χ1) is 51.8. The molecule has 0 N–H and O–H groups in total. The zero-order chi connectivity index (χ0) is 76.7. The molecular weight excluding hydrogens is 1580 g/mol. The average molecular weight is 1730 g/mol. The fourth-order valence-corrected chi connectivity index (χ4v) is 14.2. The number of benzene rings is 6. The van der Waals surface area contributed by atoms with Crippen LogP contribution in [-0.2, 0) is 95.9 Å². The molecule has 614 valence electrons. The largest absolute Gasteiger partial charge is 2.00 e. The van der Waals surface area contributed by atoms with E-state index in [0.717, 1.165) is 183 Å². The van der Waals surface area contributed by atoms with E-state index < -0.39 is 0 Å². The van der Waals surface area contributed by atoms with Crippen LogP contribution in [-0.4, -0.2) is 14.1 Å². The third kappa shape index (κ3) is 35.2. The van der Waals surface area contributed by atoms with Gasteiger partial charge in [0.1, 0.15) is 0 Å². The van der Waals surface area contributed by atoms with Crippen molar-refractivity contribution in [3.8, 4) is 0 Å². The quantitative estimate of drug-likeness (QED) is 0.0158. The standard InChI is InChI=1S/C32H44N2.2C28H36N2.2C6H13.2CH3.Ni.2Pd/c1-5-9-11-12-13-14-22-30-29(21-10-6-2)31(27-19-15-17-25(7-3)23-27)34(33)32(30)28-20-16-18-26(8-4)24-28;2*1-4-7-12-22-14-10-17-24(19-22)27-21-26(16-9-6-3)28(30(27)29)25-18-11-15-23(20-25)13-8-5-2;2*1-3-5-6-4-2;;;;;/h15-20,23-24H,5-14,21-22H2,1-4H3;2*10-11,14-15,17-21H,4-9,12-13,16H2,1-3H3;2*1,3-6H2,2H3;2*1H3;;;/q;;;4*-1;3*+2. The van der Waals surface area contributed by atoms with Gasteiger partial charge in [0.05, 0.1) is 0 Å². The van der Waals surface area contributed by atoms with Gasteiger partial charge in [-0.15, -0.1) is 0 Å². The number of rotatable bonds is 42. The maximum atomic E-state index is 11.7. The van der Waals surface area contributed by atoms with Crippen molar-refractivity contribution in [3.63, 3.8) is 0 Å². The fraction of sp³-hybridized carbons (Fsp3) is 0.490. The molecule has 0 spiro atoms. The third-order valence-electron chi connectivity index (χ3n) is 20.7. The first kappa shape index (κ1) is 105. The summed E-state index contributed by atoms with van der Waals surface area (Å²) in [5.41, 5.74) is 59.8. The predicted octanol–water partition coefficient (Wildman–Crippen LogP) is 32.3. The van der Waals surface area contributed by atoms with E-state index in [-0.39, 0.29) is 72.2 Å². The molecule has 0 atom stereocenters. The summed E-state index contributed by atoms with van der Waals surface area (Å²) in [5, 5.41) is 0. The first-order valence-corrected chi connectivity index (χ1v) is 42.8. The number of hydrogen-bond acceptors (Lipinski definition) is 0. The van der Waals surface area contributed by atoms with Crippen molar-refractivity contribution in [1.29, 1.82) is 0 Å². The molecule has 111 heavy (non-hydrogen) atoms. The summed E-state index contributed by atoms with van der Waals surface area (Å²) in [7, 11) is 0. The second-order valence-corrected chi connectivity index (χ2v) is 29.7. The van der Waals surface area contributed by atoms with E-state index in [1.807, 2.05) is 0 Å². The van der Waals surface area contributed by atoms with Gasteiger partial charge >= 0.3 is 57.3 Å². The Labute approximate surface area is 719 Å². The van der Waals surface area contributed by atoms with Crippen LogP contribution in [0.5, 0.6) is 0 Å². The molecule has 0 aliphatic carbocycles. The smallest absolute Gasteiger partial charge is 0.493 e. The zero-order valence-corrected chi connectivity index (χ0v) is 76.0. The van der Waals surface area contributed by atoms with Gasteiger partial charge < -0.3 is 45.3 Å². The molecule has 0 bridgehead atoms. The maximum absolute atomic E-state index is 11.7. The number of allylic oxidation sites excluding steroid dienone is 6. The van der Waals surface area contributed by atoms with Crippen molar-refractivity contribution in [2.45, 2.75) is 327 Å². The van der Waals surface area contributed by atoms with E-state index in [1.165, 1.54) is 198 Å². The first-order valence-electron chi connectivity index (χ1n) is 42.8. The van der Waals surface area contributed by atoms with E-state index in [2.05, 4.69) is 255 Å². The van der Waals surface area contributed by atoms with E-state index >= 15 is 0 Å². The summed E-state index contributed by atoms with van der Waals surface area (Å²) in [4.78, 5) is 0. The van der Waals surface area contributed by atoms with Crippen LogP contribution in [0.1, 0.15) is 355 Å². The van der Waals surface area contributed by atoms with E-state index in [4.69, 9.17) is 0 Å². The minimum absolute atomic E-state index is 0. The van der Waals surface area contributed by atoms with Gasteiger partial charge in [-0.05, 0) is 222 Å². The van der Waals surface area contributed by atoms with Crippen LogP contribution in [0.3, 0.4) is 0 Å². The summed E-state index contributed by atoms with van der Waals surface area (Å²) in [6.07, 6.45) is 49.0. The SMILES string of the molecule is CCCCC1=C(c2cccc(CCCC)c2)[N+](=[N-])C(c2cccc(CCCC)c2)=C1.CCCCC1=C(c2cccc(CCCC)c2)[N+](=[N-])C(c2cccc(CCCC)c2)=C1.CCCCCCCCC1=C(c2cccc(CC)c2)[N+](=[N-])C(c2cccc(CC)c2)=C1CCCC.[CH2-]CCCCC.[CH2-]CCCCC.[CH3-].[CH3-].[Ni+2].[Pd+2].[Pd+2]. The Bertz CT molecular complexity index is 3650. The van der Waals surface area contributed by atoms with Crippen LogP contribution in [0.25, 0.3) is 50.8 Å². The molecule has 0 aromatic heterocycles. The summed E-state index contributed by atoms with van der Waals surface area (Å²) < 4.78 is 4.40. The fourth-order valence-electron chi connectivity index (χ4n) is 14.2. The van der Waals surface area contributed by atoms with Crippen LogP contribution in [0.4, 0.5) is 0 Å². The number of aryl methyl sites for hydroxylation is 6. The van der Waals surface area contributed by atoms with Crippen LogP contribution in [0.2, 0.25) is 0 Å². The van der Waals surface area contributed by atoms with Gasteiger partial charge in [0.25, 0.3) is 0 Å². The Balaban J connectivity index is 0.00000149. The molecule has 3 heterocycles. The van der Waals surface area contributed by atoms with Gasteiger partial charge in [-0.3, -0.25) is 0 Å². The molecule has 3 aliphatic rings. The van der Waals surface area contributed by atoms with Gasteiger partial charge in [0, 0.05) is 67.8 Å². The van der Waals surface area contributed by atoms with Crippen molar-refractivity contribution in [2.75, 3.05) is 0 Å². The van der Waals surface area contributed by atoms with Gasteiger partial charge in [0.15, 0.2) is 0 Å². The maximum Gasteiger partial charge on any atom is 2.00 e. The Morgan fingerprint density at radius 2 is 0.505 bits per heavy atom. The van der Waals surface area contributed by atoms with E-state index in [1.54, 1.807) is 0 Å². The molecule has 9 rings (SSSR count). The Kier molecular flexibility index (Phi) is 59.5. The zero-order valence-electron chi connectivity index (χ0n) is 71.9. The molecule has 3 aliphatic heterocycles. The van der Waals surface area contributed by atoms with Crippen LogP contribution < -0.4 is 0 Å². The van der Waals surface area contributed by atoms with E-state index in [0.29, 0.717) is 0 Å².